The van der Waals surface area contributed by atoms with Gasteiger partial charge in [0, 0.05) is 22.0 Å². The van der Waals surface area contributed by atoms with Gasteiger partial charge in [-0.05, 0) is 103 Å². The Morgan fingerprint density at radius 3 is 2.60 bits per heavy atom. The number of carbonyl (C=O) groups excluding carboxylic acids is 1. The third kappa shape index (κ3) is 6.40. The number of hydrogen-bond acceptors (Lipinski definition) is 6. The fourth-order valence-electron chi connectivity index (χ4n) is 3.12. The molecule has 0 unspecified atom stereocenters. The van der Waals surface area contributed by atoms with Gasteiger partial charge in [-0.2, -0.15) is 5.10 Å². The van der Waals surface area contributed by atoms with Crippen LogP contribution in [0.2, 0.25) is 0 Å². The number of fused-ring (bicyclic) bond motifs is 1. The number of nitro benzene ring substituents is 1. The fraction of sp³-hybridized carbons (Fsp3) is 0.0435. The third-order valence-corrected chi connectivity index (χ3v) is 7.31. The molecule has 1 N–H and O–H groups in total. The highest BCUT2D eigenvalue weighted by Gasteiger charge is 2.15. The maximum atomic E-state index is 12.5. The van der Waals surface area contributed by atoms with Crippen LogP contribution in [0.4, 0.5) is 5.69 Å². The molecule has 0 saturated carbocycles. The number of benzene rings is 3. The predicted molar refractivity (Wildman–Crippen MR) is 156 cm³/mol. The summed E-state index contributed by atoms with van der Waals surface area (Å²) in [5, 5.41) is 15.8. The van der Waals surface area contributed by atoms with E-state index in [1.807, 2.05) is 24.3 Å². The smallest absolute Gasteiger partial charge is 0.307 e. The summed E-state index contributed by atoms with van der Waals surface area (Å²) in [7, 11) is 0. The van der Waals surface area contributed by atoms with Crippen LogP contribution in [0.15, 0.2) is 73.1 Å². The van der Waals surface area contributed by atoms with Crippen LogP contribution >= 0.6 is 77.0 Å². The number of carbonyl (C=O) groups is 1. The molecule has 0 atom stereocenters. The highest BCUT2D eigenvalue weighted by Crippen LogP contribution is 2.31. The Balaban J connectivity index is 1.42. The Morgan fingerprint density at radius 1 is 1.14 bits per heavy atom. The molecule has 35 heavy (non-hydrogen) atoms. The van der Waals surface area contributed by atoms with Gasteiger partial charge in [0.25, 0.3) is 5.69 Å². The lowest BCUT2D eigenvalue weighted by atomic mass is 10.2. The van der Waals surface area contributed by atoms with Crippen LogP contribution in [0.3, 0.4) is 0 Å². The fourth-order valence-corrected chi connectivity index (χ4v) is 6.58. The molecule has 8 nitrogen and oxygen atoms in total. The normalized spacial score (nSPS) is 11.2. The first-order valence-corrected chi connectivity index (χ1v) is 13.5. The van der Waals surface area contributed by atoms with Crippen molar-refractivity contribution in [2.24, 2.45) is 5.10 Å². The number of halogens is 4. The molecule has 4 rings (SSSR count). The van der Waals surface area contributed by atoms with Crippen molar-refractivity contribution in [3.8, 4) is 5.75 Å². The minimum absolute atomic E-state index is 0.0206. The van der Waals surface area contributed by atoms with Crippen molar-refractivity contribution in [3.05, 3.63) is 97.7 Å². The number of nitro groups is 1. The van der Waals surface area contributed by atoms with Gasteiger partial charge in [-0.1, -0.05) is 28.1 Å². The minimum Gasteiger partial charge on any atom is -0.487 e. The zero-order valence-corrected chi connectivity index (χ0v) is 24.9. The van der Waals surface area contributed by atoms with Crippen molar-refractivity contribution in [1.29, 1.82) is 0 Å². The van der Waals surface area contributed by atoms with Crippen LogP contribution in [0.25, 0.3) is 11.0 Å². The number of furan rings is 1. The number of non-ortho nitro benzene ring substituents is 1. The van der Waals surface area contributed by atoms with Crippen molar-refractivity contribution < 1.29 is 18.9 Å². The molecule has 3 aromatic carbocycles. The molecular weight excluding hydrogens is 812 g/mol. The molecule has 178 valence electrons. The van der Waals surface area contributed by atoms with E-state index in [4.69, 9.17) is 9.15 Å². The Labute approximate surface area is 243 Å². The van der Waals surface area contributed by atoms with E-state index in [1.165, 1.54) is 18.3 Å². The Morgan fingerprint density at radius 2 is 1.89 bits per heavy atom. The molecule has 4 aromatic rings. The van der Waals surface area contributed by atoms with Gasteiger partial charge in [0.1, 0.15) is 17.9 Å². The van der Waals surface area contributed by atoms with E-state index in [1.54, 1.807) is 18.2 Å². The summed E-state index contributed by atoms with van der Waals surface area (Å²) in [6, 6.07) is 15.4. The number of hydrogen-bond donors (Lipinski definition) is 1. The summed E-state index contributed by atoms with van der Waals surface area (Å²) in [5.74, 6) is 0.338. The number of ether oxygens (including phenoxy) is 1. The number of rotatable bonds is 7. The second kappa shape index (κ2) is 11.3. The Hall–Kier alpha value is -2.04. The van der Waals surface area contributed by atoms with Crippen molar-refractivity contribution in [2.75, 3.05) is 0 Å². The molecule has 0 aliphatic rings. The van der Waals surface area contributed by atoms with Crippen LogP contribution < -0.4 is 10.2 Å². The van der Waals surface area contributed by atoms with Crippen LogP contribution in [0, 0.1) is 17.3 Å². The molecule has 1 aromatic heterocycles. The van der Waals surface area contributed by atoms with Gasteiger partial charge in [-0.15, -0.1) is 0 Å². The number of nitrogens with zero attached hydrogens (tertiary/aromatic N) is 2. The molecule has 1 heterocycles. The lowest BCUT2D eigenvalue weighted by Gasteiger charge is -2.11. The minimum atomic E-state index is -0.471. The molecule has 0 saturated heterocycles. The maximum Gasteiger partial charge on any atom is 0.307 e. The number of hydrazone groups is 1. The van der Waals surface area contributed by atoms with Crippen LogP contribution in [0.5, 0.6) is 5.75 Å². The topological polar surface area (TPSA) is 107 Å². The highest BCUT2D eigenvalue weighted by atomic mass is 127. The monoisotopic (exact) mass is 823 g/mol. The average Bonchev–Trinajstić information content (AvgIpc) is 3.23. The van der Waals surface area contributed by atoms with Gasteiger partial charge in [-0.25, -0.2) is 5.43 Å². The lowest BCUT2D eigenvalue weighted by Crippen LogP contribution is -2.16. The van der Waals surface area contributed by atoms with Gasteiger partial charge in [0.15, 0.2) is 5.76 Å². The molecule has 0 aliphatic carbocycles. The zero-order chi connectivity index (χ0) is 25.1. The molecule has 12 heteroatoms. The standard InChI is InChI=1S/C23H13Br2I2N3O5/c24-15-7-14-8-20(35-21(14)17(25)9-15)23(31)29-28-10-13-5-18(26)22(19(27)6-13)34-11-12-2-1-3-16(4-12)30(32)33/h1-10H,11H2,(H,29,31)/b28-10-. The van der Waals surface area contributed by atoms with E-state index >= 15 is 0 Å². The third-order valence-electron chi connectivity index (χ3n) is 4.66. The van der Waals surface area contributed by atoms with E-state index in [-0.39, 0.29) is 18.1 Å². The Bertz CT molecular complexity index is 1470. The van der Waals surface area contributed by atoms with Crippen molar-refractivity contribution in [2.45, 2.75) is 6.61 Å². The van der Waals surface area contributed by atoms with E-state index in [0.29, 0.717) is 16.9 Å². The summed E-state index contributed by atoms with van der Waals surface area (Å²) in [6.07, 6.45) is 1.53. The highest BCUT2D eigenvalue weighted by molar-refractivity contribution is 14.1. The van der Waals surface area contributed by atoms with E-state index < -0.39 is 10.8 Å². The number of nitrogens with one attached hydrogen (secondary N) is 1. The molecule has 0 fully saturated rings. The Kier molecular flexibility index (Phi) is 8.44. The second-order valence-electron chi connectivity index (χ2n) is 7.15. The van der Waals surface area contributed by atoms with Gasteiger partial charge < -0.3 is 9.15 Å². The van der Waals surface area contributed by atoms with E-state index in [2.05, 4.69) is 87.6 Å². The number of amides is 1. The SMILES string of the molecule is O=C(N/N=C\c1cc(I)c(OCc2cccc([N+](=O)[O-])c2)c(I)c1)c1cc2cc(Br)cc(Br)c2o1. The van der Waals surface area contributed by atoms with Gasteiger partial charge in [0.2, 0.25) is 0 Å². The van der Waals surface area contributed by atoms with Gasteiger partial charge in [0.05, 0.1) is 22.8 Å². The summed E-state index contributed by atoms with van der Waals surface area (Å²) in [6.45, 7) is 0.196. The van der Waals surface area contributed by atoms with Crippen LogP contribution in [-0.4, -0.2) is 17.0 Å². The van der Waals surface area contributed by atoms with Gasteiger partial charge >= 0.3 is 5.91 Å². The summed E-state index contributed by atoms with van der Waals surface area (Å²) < 4.78 is 14.8. The molecule has 0 aliphatic heterocycles. The predicted octanol–water partition coefficient (Wildman–Crippen LogP) is 7.42. The first-order valence-electron chi connectivity index (χ1n) is 9.78. The molecule has 1 amide bonds. The largest absolute Gasteiger partial charge is 0.487 e. The van der Waals surface area contributed by atoms with Crippen LogP contribution in [0.1, 0.15) is 21.7 Å². The van der Waals surface area contributed by atoms with E-state index in [0.717, 1.165) is 27.0 Å². The maximum absolute atomic E-state index is 12.5. The zero-order valence-electron chi connectivity index (χ0n) is 17.4. The molecular formula is C23H13Br2I2N3O5. The molecule has 0 spiro atoms. The molecule has 0 radical (unpaired) electrons. The summed E-state index contributed by atoms with van der Waals surface area (Å²) in [4.78, 5) is 23.0. The lowest BCUT2D eigenvalue weighted by molar-refractivity contribution is -0.384. The quantitative estimate of drug-likeness (QED) is 0.0905. The summed E-state index contributed by atoms with van der Waals surface area (Å²) >= 11 is 11.1. The van der Waals surface area contributed by atoms with Gasteiger partial charge in [-0.3, -0.25) is 14.9 Å². The summed E-state index contributed by atoms with van der Waals surface area (Å²) in [5.41, 5.74) is 4.53. The van der Waals surface area contributed by atoms with Crippen molar-refractivity contribution >= 4 is 106 Å². The first-order chi connectivity index (χ1) is 16.7. The van der Waals surface area contributed by atoms with Crippen molar-refractivity contribution in [3.63, 3.8) is 0 Å². The van der Waals surface area contributed by atoms with Crippen molar-refractivity contribution in [1.82, 2.24) is 5.43 Å². The molecule has 0 bridgehead atoms. The van der Waals surface area contributed by atoms with E-state index in [9.17, 15) is 14.9 Å². The van der Waals surface area contributed by atoms with Crippen LogP contribution in [-0.2, 0) is 6.61 Å². The average molecular weight is 825 g/mol. The second-order valence-corrected chi connectivity index (χ2v) is 11.2. The first kappa shape index (κ1) is 26.0.